The Morgan fingerprint density at radius 3 is 2.58 bits per heavy atom. The molecular formula is C23H26N4O4. The summed E-state index contributed by atoms with van der Waals surface area (Å²) in [6, 6.07) is 16.4. The van der Waals surface area contributed by atoms with E-state index in [9.17, 15) is 9.59 Å². The number of amidine groups is 1. The second-order valence-electron chi connectivity index (χ2n) is 7.40. The largest absolute Gasteiger partial charge is 0.469 e. The number of methoxy groups -OCH3 is 1. The Morgan fingerprint density at radius 2 is 1.94 bits per heavy atom. The number of nitrogen functional groups attached to an aromatic ring is 1. The predicted octanol–water partition coefficient (Wildman–Crippen LogP) is 2.14. The predicted molar refractivity (Wildman–Crippen MR) is 117 cm³/mol. The van der Waals surface area contributed by atoms with Gasteiger partial charge in [0, 0.05) is 18.0 Å². The number of ether oxygens (including phenoxy) is 1. The first-order valence-corrected chi connectivity index (χ1v) is 10.0. The summed E-state index contributed by atoms with van der Waals surface area (Å²) >= 11 is 0. The van der Waals surface area contributed by atoms with Gasteiger partial charge in [-0.1, -0.05) is 59.8 Å². The number of carbonyl (C=O) groups is 2. The van der Waals surface area contributed by atoms with Gasteiger partial charge in [0.1, 0.15) is 11.9 Å². The minimum absolute atomic E-state index is 0.00252. The molecule has 2 aromatic carbocycles. The number of oxime groups is 1. The quantitative estimate of drug-likeness (QED) is 0.324. The van der Waals surface area contributed by atoms with Crippen LogP contribution in [0.2, 0.25) is 0 Å². The summed E-state index contributed by atoms with van der Waals surface area (Å²) in [5.41, 5.74) is 8.73. The highest BCUT2D eigenvalue weighted by Crippen LogP contribution is 2.20. The van der Waals surface area contributed by atoms with Gasteiger partial charge in [0.15, 0.2) is 0 Å². The van der Waals surface area contributed by atoms with Crippen molar-refractivity contribution in [1.29, 1.82) is 5.41 Å². The average molecular weight is 422 g/mol. The summed E-state index contributed by atoms with van der Waals surface area (Å²) in [5, 5.41) is 14.5. The van der Waals surface area contributed by atoms with E-state index in [0.29, 0.717) is 18.4 Å². The molecule has 0 aliphatic carbocycles. The lowest BCUT2D eigenvalue weighted by molar-refractivity contribution is -0.141. The molecule has 2 atom stereocenters. The molecule has 8 nitrogen and oxygen atoms in total. The van der Waals surface area contributed by atoms with E-state index < -0.39 is 0 Å². The Balaban J connectivity index is 1.54. The van der Waals surface area contributed by atoms with Gasteiger partial charge >= 0.3 is 5.97 Å². The molecule has 8 heteroatoms. The highest BCUT2D eigenvalue weighted by Gasteiger charge is 2.26. The minimum atomic E-state index is -0.377. The molecule has 1 aliphatic heterocycles. The lowest BCUT2D eigenvalue weighted by atomic mass is 10.0. The summed E-state index contributed by atoms with van der Waals surface area (Å²) in [4.78, 5) is 29.8. The van der Waals surface area contributed by atoms with Crippen molar-refractivity contribution < 1.29 is 19.2 Å². The number of amides is 1. The number of carbonyl (C=O) groups excluding carboxylic acids is 2. The number of hydrogen-bond acceptors (Lipinski definition) is 6. The van der Waals surface area contributed by atoms with E-state index in [0.717, 1.165) is 16.8 Å². The van der Waals surface area contributed by atoms with Gasteiger partial charge < -0.3 is 20.6 Å². The smallest absolute Gasteiger partial charge is 0.307 e. The molecule has 0 bridgehead atoms. The first-order valence-electron chi connectivity index (χ1n) is 10.0. The number of nitrogens with one attached hydrogen (secondary N) is 2. The van der Waals surface area contributed by atoms with Crippen LogP contribution in [0.5, 0.6) is 0 Å². The number of benzene rings is 2. The zero-order valence-corrected chi connectivity index (χ0v) is 17.3. The van der Waals surface area contributed by atoms with Crippen LogP contribution in [-0.4, -0.2) is 42.7 Å². The maximum Gasteiger partial charge on any atom is 0.307 e. The Morgan fingerprint density at radius 1 is 1.23 bits per heavy atom. The van der Waals surface area contributed by atoms with Crippen molar-refractivity contribution >= 4 is 23.4 Å². The summed E-state index contributed by atoms with van der Waals surface area (Å²) in [5.74, 6) is -0.584. The van der Waals surface area contributed by atoms with Gasteiger partial charge in [-0.3, -0.25) is 15.0 Å². The van der Waals surface area contributed by atoms with Gasteiger partial charge in [0.25, 0.3) is 0 Å². The molecule has 162 valence electrons. The van der Waals surface area contributed by atoms with Crippen molar-refractivity contribution in [2.24, 2.45) is 10.9 Å². The average Bonchev–Trinajstić information content (AvgIpc) is 3.22. The molecule has 1 aliphatic rings. The zero-order chi connectivity index (χ0) is 22.2. The van der Waals surface area contributed by atoms with Crippen LogP contribution >= 0.6 is 0 Å². The van der Waals surface area contributed by atoms with E-state index in [4.69, 9.17) is 20.7 Å². The van der Waals surface area contributed by atoms with E-state index in [1.807, 2.05) is 42.5 Å². The Hall–Kier alpha value is -3.68. The first kappa shape index (κ1) is 22.0. The lowest BCUT2D eigenvalue weighted by Crippen LogP contribution is -2.39. The third kappa shape index (κ3) is 6.40. The fourth-order valence-electron chi connectivity index (χ4n) is 3.40. The van der Waals surface area contributed by atoms with Crippen LogP contribution < -0.4 is 11.1 Å². The van der Waals surface area contributed by atoms with Crippen molar-refractivity contribution in [2.45, 2.75) is 37.8 Å². The maximum atomic E-state index is 12.6. The minimum Gasteiger partial charge on any atom is -0.469 e. The second-order valence-corrected chi connectivity index (χ2v) is 7.40. The van der Waals surface area contributed by atoms with Gasteiger partial charge in [-0.05, 0) is 17.5 Å². The number of rotatable bonds is 9. The van der Waals surface area contributed by atoms with Crippen LogP contribution in [0.1, 0.15) is 36.0 Å². The van der Waals surface area contributed by atoms with Gasteiger partial charge in [-0.2, -0.15) is 0 Å². The topological polar surface area (TPSA) is 127 Å². The highest BCUT2D eigenvalue weighted by molar-refractivity contribution is 6.02. The SMILES string of the molecule is COC(=O)C[C@@H](Cc1ccccc1)NC(=O)CC1CC(c2ccc(C(=N)N)cc2)=NO1. The monoisotopic (exact) mass is 422 g/mol. The van der Waals surface area contributed by atoms with Crippen molar-refractivity contribution in [2.75, 3.05) is 7.11 Å². The van der Waals surface area contributed by atoms with Crippen molar-refractivity contribution in [3.8, 4) is 0 Å². The maximum absolute atomic E-state index is 12.6. The first-order chi connectivity index (χ1) is 14.9. The summed E-state index contributed by atoms with van der Waals surface area (Å²) < 4.78 is 4.77. The molecular weight excluding hydrogens is 396 g/mol. The van der Waals surface area contributed by atoms with Gasteiger partial charge in [-0.15, -0.1) is 0 Å². The van der Waals surface area contributed by atoms with Crippen LogP contribution in [-0.2, 0) is 25.6 Å². The van der Waals surface area contributed by atoms with E-state index >= 15 is 0 Å². The Labute approximate surface area is 180 Å². The highest BCUT2D eigenvalue weighted by atomic mass is 16.6. The Kier molecular flexibility index (Phi) is 7.37. The van der Waals surface area contributed by atoms with Gasteiger partial charge in [-0.25, -0.2) is 0 Å². The van der Waals surface area contributed by atoms with Crippen LogP contribution in [0.15, 0.2) is 59.8 Å². The third-order valence-corrected chi connectivity index (χ3v) is 5.01. The van der Waals surface area contributed by atoms with Crippen LogP contribution in [0.4, 0.5) is 0 Å². The van der Waals surface area contributed by atoms with E-state index in [1.165, 1.54) is 7.11 Å². The van der Waals surface area contributed by atoms with Gasteiger partial charge in [0.2, 0.25) is 5.91 Å². The number of nitrogens with zero attached hydrogens (tertiary/aromatic N) is 1. The van der Waals surface area contributed by atoms with Crippen LogP contribution in [0.25, 0.3) is 0 Å². The summed E-state index contributed by atoms with van der Waals surface area (Å²) in [6.45, 7) is 0. The van der Waals surface area contributed by atoms with Gasteiger partial charge in [0.05, 0.1) is 25.7 Å². The molecule has 1 unspecified atom stereocenters. The molecule has 0 aromatic heterocycles. The van der Waals surface area contributed by atoms with Crippen molar-refractivity contribution in [1.82, 2.24) is 5.32 Å². The van der Waals surface area contributed by atoms with E-state index in [1.54, 1.807) is 12.1 Å². The molecule has 0 saturated heterocycles. The third-order valence-electron chi connectivity index (χ3n) is 5.01. The fraction of sp³-hybridized carbons (Fsp3) is 0.304. The number of esters is 1. The summed E-state index contributed by atoms with van der Waals surface area (Å²) in [6.07, 6.45) is 0.862. The molecule has 0 fully saturated rings. The van der Waals surface area contributed by atoms with Crippen LogP contribution in [0, 0.1) is 5.41 Å². The van der Waals surface area contributed by atoms with E-state index in [-0.39, 0.29) is 42.7 Å². The molecule has 31 heavy (non-hydrogen) atoms. The number of hydrogen-bond donors (Lipinski definition) is 3. The molecule has 1 amide bonds. The standard InChI is InChI=1S/C23H26N4O4/c1-30-22(29)12-18(11-15-5-3-2-4-6-15)26-21(28)14-19-13-20(27-31-19)16-7-9-17(10-8-16)23(24)25/h2-10,18-19H,11-14H2,1H3,(H3,24,25)(H,26,28)/t18-,19?/m1/s1. The molecule has 0 radical (unpaired) electrons. The lowest BCUT2D eigenvalue weighted by Gasteiger charge is -2.19. The summed E-state index contributed by atoms with van der Waals surface area (Å²) in [7, 11) is 1.33. The van der Waals surface area contributed by atoms with E-state index in [2.05, 4.69) is 10.5 Å². The fourth-order valence-corrected chi connectivity index (χ4v) is 3.40. The molecule has 0 spiro atoms. The van der Waals surface area contributed by atoms with Crippen molar-refractivity contribution in [3.63, 3.8) is 0 Å². The molecule has 2 aromatic rings. The molecule has 1 heterocycles. The second kappa shape index (κ2) is 10.4. The molecule has 3 rings (SSSR count). The van der Waals surface area contributed by atoms with Crippen molar-refractivity contribution in [3.05, 3.63) is 71.3 Å². The molecule has 0 saturated carbocycles. The zero-order valence-electron chi connectivity index (χ0n) is 17.3. The molecule has 4 N–H and O–H groups in total. The normalized spacial score (nSPS) is 16.0. The Bertz CT molecular complexity index is 957. The van der Waals surface area contributed by atoms with Crippen LogP contribution in [0.3, 0.4) is 0 Å². The number of nitrogens with two attached hydrogens (primary N) is 1.